The van der Waals surface area contributed by atoms with Crippen molar-refractivity contribution in [3.63, 3.8) is 0 Å². The molecule has 0 amide bonds. The molecule has 3 aromatic rings. The fourth-order valence-corrected chi connectivity index (χ4v) is 2.43. The van der Waals surface area contributed by atoms with Gasteiger partial charge in [0, 0.05) is 30.0 Å². The van der Waals surface area contributed by atoms with Crippen molar-refractivity contribution in [2.45, 2.75) is 6.61 Å². The molecule has 146 valence electrons. The predicted octanol–water partition coefficient (Wildman–Crippen LogP) is 3.92. The molecule has 0 spiro atoms. The summed E-state index contributed by atoms with van der Waals surface area (Å²) in [6, 6.07) is 16.0. The maximum absolute atomic E-state index is 11.0. The molecule has 0 aliphatic carbocycles. The van der Waals surface area contributed by atoms with E-state index in [2.05, 4.69) is 15.5 Å². The Kier molecular flexibility index (Phi) is 6.05. The van der Waals surface area contributed by atoms with Crippen molar-refractivity contribution in [1.82, 2.24) is 4.98 Å². The topological polar surface area (TPSA) is 133 Å². The number of nitro benzene ring substituents is 1. The van der Waals surface area contributed by atoms with Crippen molar-refractivity contribution >= 4 is 23.4 Å². The summed E-state index contributed by atoms with van der Waals surface area (Å²) in [5, 5.41) is 25.9. The van der Waals surface area contributed by atoms with Crippen LogP contribution in [0.25, 0.3) is 0 Å². The highest BCUT2D eigenvalue weighted by molar-refractivity contribution is 5.84. The maximum atomic E-state index is 11.0. The molecule has 0 fully saturated rings. The molecule has 1 aromatic heterocycles. The highest BCUT2D eigenvalue weighted by Crippen LogP contribution is 2.21. The summed E-state index contributed by atoms with van der Waals surface area (Å²) in [5.74, 6) is 0.517. The van der Waals surface area contributed by atoms with Gasteiger partial charge in [-0.3, -0.25) is 25.7 Å². The van der Waals surface area contributed by atoms with Crippen molar-refractivity contribution in [3.05, 3.63) is 98.2 Å². The lowest BCUT2D eigenvalue weighted by Gasteiger charge is -2.09. The molecule has 10 heteroatoms. The van der Waals surface area contributed by atoms with E-state index >= 15 is 0 Å². The molecule has 1 N–H and O–H groups in total. The molecule has 10 nitrogen and oxygen atoms in total. The molecule has 29 heavy (non-hydrogen) atoms. The number of nitro groups is 2. The zero-order valence-electron chi connectivity index (χ0n) is 15.0. The summed E-state index contributed by atoms with van der Waals surface area (Å²) in [6.45, 7) is 0.131. The Morgan fingerprint density at radius 1 is 1.03 bits per heavy atom. The highest BCUT2D eigenvalue weighted by atomic mass is 16.6. The van der Waals surface area contributed by atoms with E-state index in [0.29, 0.717) is 16.9 Å². The van der Waals surface area contributed by atoms with E-state index in [9.17, 15) is 20.2 Å². The lowest BCUT2D eigenvalue weighted by molar-refractivity contribution is -0.385. The summed E-state index contributed by atoms with van der Waals surface area (Å²) >= 11 is 0. The van der Waals surface area contributed by atoms with E-state index in [1.165, 1.54) is 36.7 Å². The van der Waals surface area contributed by atoms with Gasteiger partial charge in [-0.05, 0) is 23.8 Å². The van der Waals surface area contributed by atoms with Crippen LogP contribution in [0.1, 0.15) is 11.1 Å². The number of nitrogens with one attached hydrogen (secondary N) is 1. The number of ether oxygens (including phenoxy) is 1. The number of non-ortho nitro benzene ring substituents is 1. The smallest absolute Gasteiger partial charge is 0.313 e. The number of aromatic nitrogens is 1. The van der Waals surface area contributed by atoms with Crippen LogP contribution in [0.5, 0.6) is 5.75 Å². The lowest BCUT2D eigenvalue weighted by atomic mass is 10.2. The number of nitrogens with zero attached hydrogens (tertiary/aromatic N) is 4. The molecule has 0 radical (unpaired) electrons. The molecule has 0 atom stereocenters. The minimum Gasteiger partial charge on any atom is -0.488 e. The van der Waals surface area contributed by atoms with Gasteiger partial charge in [0.1, 0.15) is 12.4 Å². The number of hydrogen-bond donors (Lipinski definition) is 1. The fourth-order valence-electron chi connectivity index (χ4n) is 2.43. The van der Waals surface area contributed by atoms with Gasteiger partial charge in [-0.2, -0.15) is 5.10 Å². The second-order valence-electron chi connectivity index (χ2n) is 5.75. The van der Waals surface area contributed by atoms with E-state index in [0.717, 1.165) is 0 Å². The van der Waals surface area contributed by atoms with Gasteiger partial charge in [-0.15, -0.1) is 0 Å². The fraction of sp³-hybridized carbons (Fsp3) is 0.0526. The zero-order chi connectivity index (χ0) is 20.6. The summed E-state index contributed by atoms with van der Waals surface area (Å²) in [5.41, 5.74) is 3.60. The molecule has 0 saturated carbocycles. The number of benzene rings is 2. The number of pyridine rings is 1. The van der Waals surface area contributed by atoms with Crippen LogP contribution in [-0.2, 0) is 6.61 Å². The molecule has 0 aliphatic heterocycles. The Morgan fingerprint density at radius 2 is 1.86 bits per heavy atom. The lowest BCUT2D eigenvalue weighted by Crippen LogP contribution is -2.01. The molecule has 3 rings (SSSR count). The Bertz CT molecular complexity index is 1070. The van der Waals surface area contributed by atoms with E-state index in [-0.39, 0.29) is 23.8 Å². The average molecular weight is 393 g/mol. The van der Waals surface area contributed by atoms with Crippen LogP contribution in [0.3, 0.4) is 0 Å². The van der Waals surface area contributed by atoms with Crippen molar-refractivity contribution in [1.29, 1.82) is 0 Å². The average Bonchev–Trinajstić information content (AvgIpc) is 2.73. The van der Waals surface area contributed by atoms with Gasteiger partial charge in [-0.25, -0.2) is 4.98 Å². The Morgan fingerprint density at radius 3 is 2.66 bits per heavy atom. The van der Waals surface area contributed by atoms with Crippen LogP contribution in [-0.4, -0.2) is 21.0 Å². The van der Waals surface area contributed by atoms with Crippen LogP contribution < -0.4 is 10.2 Å². The summed E-state index contributed by atoms with van der Waals surface area (Å²) in [7, 11) is 0. The van der Waals surface area contributed by atoms with E-state index in [1.807, 2.05) is 0 Å². The quantitative estimate of drug-likeness (QED) is 0.348. The first-order chi connectivity index (χ1) is 14.0. The normalized spacial score (nSPS) is 10.6. The standard InChI is InChI=1S/C19H15N5O5/c25-23(26)16-7-3-5-14(11-16)13-29-18-9-2-1-6-15(18)12-21-22-19-17(24(27)28)8-4-10-20-19/h1-12H,13H2,(H,20,22)/b21-12-. The molecule has 0 aliphatic rings. The van der Waals surface area contributed by atoms with Gasteiger partial charge in [-0.1, -0.05) is 24.3 Å². The third-order valence-electron chi connectivity index (χ3n) is 3.79. The number of hydrazone groups is 1. The van der Waals surface area contributed by atoms with Crippen LogP contribution in [0, 0.1) is 20.2 Å². The zero-order valence-corrected chi connectivity index (χ0v) is 15.0. The minimum absolute atomic E-state index is 0.0119. The monoisotopic (exact) mass is 393 g/mol. The summed E-state index contributed by atoms with van der Waals surface area (Å²) in [4.78, 5) is 24.8. The van der Waals surface area contributed by atoms with E-state index in [4.69, 9.17) is 4.74 Å². The molecule has 2 aromatic carbocycles. The largest absolute Gasteiger partial charge is 0.488 e. The number of para-hydroxylation sites is 1. The molecular formula is C19H15N5O5. The molecule has 0 unspecified atom stereocenters. The minimum atomic E-state index is -0.555. The molecule has 0 bridgehead atoms. The van der Waals surface area contributed by atoms with E-state index in [1.54, 1.807) is 36.4 Å². The first-order valence-electron chi connectivity index (χ1n) is 8.38. The third kappa shape index (κ3) is 5.10. The second-order valence-corrected chi connectivity index (χ2v) is 5.75. The van der Waals surface area contributed by atoms with E-state index < -0.39 is 9.85 Å². The van der Waals surface area contributed by atoms with Gasteiger partial charge in [0.2, 0.25) is 5.82 Å². The Hall–Kier alpha value is -4.34. The number of anilines is 1. The Balaban J connectivity index is 1.71. The van der Waals surface area contributed by atoms with Gasteiger partial charge in [0.25, 0.3) is 5.69 Å². The molecule has 0 saturated heterocycles. The van der Waals surface area contributed by atoms with Gasteiger partial charge < -0.3 is 4.74 Å². The van der Waals surface area contributed by atoms with Crippen LogP contribution in [0.15, 0.2) is 72.0 Å². The van der Waals surface area contributed by atoms with Crippen molar-refractivity contribution in [2.24, 2.45) is 5.10 Å². The summed E-state index contributed by atoms with van der Waals surface area (Å²) in [6.07, 6.45) is 2.86. The first-order valence-corrected chi connectivity index (χ1v) is 8.38. The Labute approximate surface area is 164 Å². The third-order valence-corrected chi connectivity index (χ3v) is 3.79. The maximum Gasteiger partial charge on any atom is 0.313 e. The van der Waals surface area contributed by atoms with Gasteiger partial charge >= 0.3 is 5.69 Å². The first kappa shape index (κ1) is 19.4. The predicted molar refractivity (Wildman–Crippen MR) is 106 cm³/mol. The molecular weight excluding hydrogens is 378 g/mol. The van der Waals surface area contributed by atoms with Crippen molar-refractivity contribution < 1.29 is 14.6 Å². The van der Waals surface area contributed by atoms with Gasteiger partial charge in [0.15, 0.2) is 0 Å². The van der Waals surface area contributed by atoms with Gasteiger partial charge in [0.05, 0.1) is 16.1 Å². The number of hydrogen-bond acceptors (Lipinski definition) is 8. The highest BCUT2D eigenvalue weighted by Gasteiger charge is 2.13. The number of rotatable bonds is 8. The second kappa shape index (κ2) is 9.04. The molecule has 1 heterocycles. The van der Waals surface area contributed by atoms with Crippen LogP contribution >= 0.6 is 0 Å². The van der Waals surface area contributed by atoms with Crippen molar-refractivity contribution in [3.8, 4) is 5.75 Å². The van der Waals surface area contributed by atoms with Crippen LogP contribution in [0.4, 0.5) is 17.2 Å². The van der Waals surface area contributed by atoms with Crippen molar-refractivity contribution in [2.75, 3.05) is 5.43 Å². The SMILES string of the molecule is O=[N+]([O-])c1cccc(COc2ccccc2/C=N\Nc2ncccc2[N+](=O)[O-])c1. The summed E-state index contributed by atoms with van der Waals surface area (Å²) < 4.78 is 5.76. The van der Waals surface area contributed by atoms with Crippen LogP contribution in [0.2, 0.25) is 0 Å².